The molecule has 0 N–H and O–H groups in total. The summed E-state index contributed by atoms with van der Waals surface area (Å²) in [6.45, 7) is 16.7. The smallest absolute Gasteiger partial charge is 0.0491 e. The van der Waals surface area contributed by atoms with Crippen LogP contribution in [0.25, 0.3) is 22.6 Å². The maximum atomic E-state index is 3.24. The Morgan fingerprint density at radius 2 is 1.72 bits per heavy atom. The second-order valence-electron chi connectivity index (χ2n) is 18.5. The van der Waals surface area contributed by atoms with Crippen LogP contribution in [0, 0.1) is 11.3 Å². The SMILES string of the molecule is CCC(C)=C(C=C(CC=C(C)C1=CC=C=CC=C1)C(=CCC(C)n1c2c(c3cc(C4C=CC=CCC4)ccc31)C=C(c1ccccc1)CC2)CC(C)(C)CC)C1C=CC=CC1. The molecule has 0 amide bonds. The third-order valence-electron chi connectivity index (χ3n) is 13.8. The average molecular weight is 804 g/mol. The van der Waals surface area contributed by atoms with Crippen LogP contribution in [-0.4, -0.2) is 4.57 Å². The zero-order valence-electron chi connectivity index (χ0n) is 38.2. The van der Waals surface area contributed by atoms with E-state index in [4.69, 9.17) is 0 Å². The highest BCUT2D eigenvalue weighted by Crippen LogP contribution is 2.42. The molecule has 0 saturated heterocycles. The summed E-state index contributed by atoms with van der Waals surface area (Å²) in [7, 11) is 0. The average Bonchev–Trinajstić information content (AvgIpc) is 3.55. The van der Waals surface area contributed by atoms with E-state index in [2.05, 4.69) is 198 Å². The quantitative estimate of drug-likeness (QED) is 0.107. The van der Waals surface area contributed by atoms with Gasteiger partial charge in [-0.3, -0.25) is 0 Å². The Kier molecular flexibility index (Phi) is 14.7. The van der Waals surface area contributed by atoms with Crippen LogP contribution in [0.2, 0.25) is 0 Å². The van der Waals surface area contributed by atoms with Gasteiger partial charge in [0.05, 0.1) is 0 Å². The molecule has 0 saturated carbocycles. The predicted octanol–water partition coefficient (Wildman–Crippen LogP) is 17.2. The summed E-state index contributed by atoms with van der Waals surface area (Å²) in [4.78, 5) is 0. The maximum absolute atomic E-state index is 3.24. The van der Waals surface area contributed by atoms with Crippen LogP contribution in [0.5, 0.6) is 0 Å². The molecule has 0 bridgehead atoms. The molecule has 0 fully saturated rings. The highest BCUT2D eigenvalue weighted by atomic mass is 15.0. The summed E-state index contributed by atoms with van der Waals surface area (Å²) in [5.41, 5.74) is 20.4. The lowest BCUT2D eigenvalue weighted by molar-refractivity contribution is 0.348. The molecule has 3 atom stereocenters. The number of aromatic nitrogens is 1. The van der Waals surface area contributed by atoms with Gasteiger partial charge in [0.15, 0.2) is 0 Å². The molecule has 0 radical (unpaired) electrons. The van der Waals surface area contributed by atoms with Gasteiger partial charge in [-0.25, -0.2) is 0 Å². The minimum absolute atomic E-state index is 0.170. The number of nitrogens with zero attached hydrogens (tertiary/aromatic N) is 1. The second kappa shape index (κ2) is 20.5. The molecular weight excluding hydrogens is 735 g/mol. The third-order valence-corrected chi connectivity index (χ3v) is 13.8. The van der Waals surface area contributed by atoms with Crippen molar-refractivity contribution < 1.29 is 0 Å². The lowest BCUT2D eigenvalue weighted by atomic mass is 9.78. The summed E-state index contributed by atoms with van der Waals surface area (Å²) >= 11 is 0. The van der Waals surface area contributed by atoms with Crippen molar-refractivity contribution in [3.05, 3.63) is 207 Å². The molecule has 1 aromatic heterocycles. The summed E-state index contributed by atoms with van der Waals surface area (Å²) < 4.78 is 2.72. The minimum atomic E-state index is 0.170. The van der Waals surface area contributed by atoms with Crippen molar-refractivity contribution in [2.45, 2.75) is 125 Å². The van der Waals surface area contributed by atoms with Crippen molar-refractivity contribution in [3.8, 4) is 0 Å². The first-order valence-electron chi connectivity index (χ1n) is 23.3. The molecule has 1 nitrogen and oxygen atoms in total. The molecule has 2 aromatic carbocycles. The first-order valence-corrected chi connectivity index (χ1v) is 23.3. The van der Waals surface area contributed by atoms with Gasteiger partial charge in [0.2, 0.25) is 0 Å². The summed E-state index contributed by atoms with van der Waals surface area (Å²) in [6.07, 6.45) is 49.7. The van der Waals surface area contributed by atoms with E-state index in [-0.39, 0.29) is 5.41 Å². The Morgan fingerprint density at radius 3 is 2.51 bits per heavy atom. The summed E-state index contributed by atoms with van der Waals surface area (Å²) in [5, 5.41) is 1.40. The van der Waals surface area contributed by atoms with Crippen molar-refractivity contribution in [2.75, 3.05) is 0 Å². The van der Waals surface area contributed by atoms with Crippen molar-refractivity contribution in [2.24, 2.45) is 11.3 Å². The molecule has 0 aliphatic heterocycles. The Hall–Kier alpha value is -5.36. The van der Waals surface area contributed by atoms with Crippen molar-refractivity contribution in [3.63, 3.8) is 0 Å². The first kappa shape index (κ1) is 43.7. The molecular formula is C60H69N. The minimum Gasteiger partial charge on any atom is -0.341 e. The molecule has 1 heterocycles. The number of allylic oxidation sites excluding steroid dienone is 22. The van der Waals surface area contributed by atoms with E-state index in [1.807, 2.05) is 12.2 Å². The van der Waals surface area contributed by atoms with Gasteiger partial charge >= 0.3 is 0 Å². The highest BCUT2D eigenvalue weighted by molar-refractivity contribution is 5.98. The highest BCUT2D eigenvalue weighted by Gasteiger charge is 2.26. The van der Waals surface area contributed by atoms with Crippen LogP contribution in [-0.2, 0) is 6.42 Å². The Balaban J connectivity index is 1.33. The van der Waals surface area contributed by atoms with Crippen LogP contribution in [0.4, 0.5) is 0 Å². The number of fused-ring (bicyclic) bond motifs is 3. The first-order chi connectivity index (χ1) is 29.7. The fourth-order valence-electron chi connectivity index (χ4n) is 9.47. The normalized spacial score (nSPS) is 20.3. The lowest BCUT2D eigenvalue weighted by Gasteiger charge is -2.28. The second-order valence-corrected chi connectivity index (χ2v) is 18.5. The lowest BCUT2D eigenvalue weighted by Crippen LogP contribution is -2.14. The van der Waals surface area contributed by atoms with Gasteiger partial charge in [-0.05, 0) is 165 Å². The molecule has 314 valence electrons. The van der Waals surface area contributed by atoms with Crippen molar-refractivity contribution in [1.82, 2.24) is 4.57 Å². The number of benzene rings is 2. The van der Waals surface area contributed by atoms with Crippen molar-refractivity contribution in [1.29, 1.82) is 0 Å². The molecule has 1 heteroatoms. The Labute approximate surface area is 368 Å². The molecule has 0 spiro atoms. The van der Waals surface area contributed by atoms with Gasteiger partial charge in [0.1, 0.15) is 0 Å². The largest absolute Gasteiger partial charge is 0.341 e. The molecule has 4 aliphatic carbocycles. The summed E-state index contributed by atoms with van der Waals surface area (Å²) in [5.74, 6) is 0.833. The van der Waals surface area contributed by atoms with Gasteiger partial charge in [-0.2, -0.15) is 0 Å². The zero-order valence-corrected chi connectivity index (χ0v) is 38.2. The topological polar surface area (TPSA) is 4.93 Å². The maximum Gasteiger partial charge on any atom is 0.0491 e. The summed E-state index contributed by atoms with van der Waals surface area (Å²) in [6, 6.07) is 18.7. The van der Waals surface area contributed by atoms with E-state index in [0.29, 0.717) is 17.9 Å². The third kappa shape index (κ3) is 10.8. The monoisotopic (exact) mass is 804 g/mol. The number of rotatable bonds is 15. The van der Waals surface area contributed by atoms with Crippen LogP contribution in [0.1, 0.15) is 141 Å². The fraction of sp³-hybridized carbons (Fsp3) is 0.350. The molecule has 7 rings (SSSR count). The van der Waals surface area contributed by atoms with E-state index >= 15 is 0 Å². The van der Waals surface area contributed by atoms with Crippen LogP contribution < -0.4 is 0 Å². The van der Waals surface area contributed by atoms with Crippen molar-refractivity contribution >= 4 is 22.6 Å². The van der Waals surface area contributed by atoms with E-state index < -0.39 is 0 Å². The van der Waals surface area contributed by atoms with Crippen LogP contribution in [0.15, 0.2) is 185 Å². The standard InChI is InChI=1S/C60H69N/c1-8-44(3)55(50-30-22-15-23-31-50)40-53(34-32-45(4)47-24-16-10-11-17-25-47)54(43-60(6,7)9-2)35-33-46(5)61-58-38-36-51(48-26-18-12-13-19-27-48)41-56(58)57-42-52(37-39-59(57)61)49-28-20-14-21-29-49/h10,12-18,20-26,28-30,32,35-36,38,40-42,46,48,50H,8-9,19,27,31,33-34,37,39,43H2,1-7H3. The van der Waals surface area contributed by atoms with Crippen LogP contribution >= 0.6 is 0 Å². The molecule has 3 aromatic rings. The Bertz CT molecular complexity index is 2470. The predicted molar refractivity (Wildman–Crippen MR) is 267 cm³/mol. The van der Waals surface area contributed by atoms with Gasteiger partial charge in [0.25, 0.3) is 0 Å². The van der Waals surface area contributed by atoms with Gasteiger partial charge < -0.3 is 4.57 Å². The molecule has 3 unspecified atom stereocenters. The van der Waals surface area contributed by atoms with Gasteiger partial charge in [0, 0.05) is 40.0 Å². The van der Waals surface area contributed by atoms with E-state index in [0.717, 1.165) is 64.2 Å². The fourth-order valence-corrected chi connectivity index (χ4v) is 9.47. The zero-order chi connectivity index (χ0) is 42.8. The van der Waals surface area contributed by atoms with E-state index in [9.17, 15) is 0 Å². The Morgan fingerprint density at radius 1 is 0.902 bits per heavy atom. The number of hydrogen-bond acceptors (Lipinski definition) is 0. The van der Waals surface area contributed by atoms with E-state index in [1.54, 1.807) is 0 Å². The van der Waals surface area contributed by atoms with Gasteiger partial charge in [-0.1, -0.05) is 155 Å². The van der Waals surface area contributed by atoms with E-state index in [1.165, 1.54) is 72.3 Å². The number of hydrogen-bond donors (Lipinski definition) is 0. The molecule has 4 aliphatic rings. The van der Waals surface area contributed by atoms with Gasteiger partial charge in [-0.15, -0.1) is 5.73 Å². The van der Waals surface area contributed by atoms with Crippen LogP contribution in [0.3, 0.4) is 0 Å². The molecule has 61 heavy (non-hydrogen) atoms.